The molecule has 0 saturated carbocycles. The van der Waals surface area contributed by atoms with E-state index in [-0.39, 0.29) is 5.91 Å². The fourth-order valence-corrected chi connectivity index (χ4v) is 1.62. The SMILES string of the molecule is CC(=O)NCCNCc1cn2ccccc2n1. The number of fused-ring (bicyclic) bond motifs is 1. The molecule has 0 aliphatic rings. The number of nitrogens with zero attached hydrogens (tertiary/aromatic N) is 2. The minimum atomic E-state index is -0.000435. The summed E-state index contributed by atoms with van der Waals surface area (Å²) in [4.78, 5) is 15.1. The number of pyridine rings is 1. The fraction of sp³-hybridized carbons (Fsp3) is 0.333. The van der Waals surface area contributed by atoms with Gasteiger partial charge in [0.2, 0.25) is 5.91 Å². The van der Waals surface area contributed by atoms with Gasteiger partial charge in [0.15, 0.2) is 0 Å². The number of carbonyl (C=O) groups is 1. The Morgan fingerprint density at radius 2 is 2.29 bits per heavy atom. The van der Waals surface area contributed by atoms with Crippen LogP contribution in [0.2, 0.25) is 0 Å². The lowest BCUT2D eigenvalue weighted by molar-refractivity contribution is -0.118. The van der Waals surface area contributed by atoms with Crippen LogP contribution in [0.1, 0.15) is 12.6 Å². The predicted molar refractivity (Wildman–Crippen MR) is 65.6 cm³/mol. The highest BCUT2D eigenvalue weighted by Crippen LogP contribution is 2.03. The van der Waals surface area contributed by atoms with Crippen LogP contribution in [0.4, 0.5) is 0 Å². The fourth-order valence-electron chi connectivity index (χ4n) is 1.62. The summed E-state index contributed by atoms with van der Waals surface area (Å²) in [5.74, 6) is -0.000435. The van der Waals surface area contributed by atoms with E-state index in [4.69, 9.17) is 0 Å². The van der Waals surface area contributed by atoms with Crippen molar-refractivity contribution in [2.24, 2.45) is 0 Å². The smallest absolute Gasteiger partial charge is 0.216 e. The first-order valence-electron chi connectivity index (χ1n) is 5.63. The number of aromatic nitrogens is 2. The van der Waals surface area contributed by atoms with Crippen molar-refractivity contribution in [2.75, 3.05) is 13.1 Å². The van der Waals surface area contributed by atoms with Gasteiger partial charge in [-0.25, -0.2) is 4.98 Å². The molecule has 0 aliphatic heterocycles. The second-order valence-electron chi connectivity index (χ2n) is 3.86. The van der Waals surface area contributed by atoms with E-state index in [0.29, 0.717) is 13.1 Å². The summed E-state index contributed by atoms with van der Waals surface area (Å²) in [5, 5.41) is 5.96. The molecule has 0 aromatic carbocycles. The van der Waals surface area contributed by atoms with Crippen LogP contribution in [0.25, 0.3) is 5.65 Å². The van der Waals surface area contributed by atoms with E-state index in [1.54, 1.807) is 0 Å². The summed E-state index contributed by atoms with van der Waals surface area (Å²) in [6.07, 6.45) is 3.98. The number of hydrogen-bond acceptors (Lipinski definition) is 3. The van der Waals surface area contributed by atoms with Gasteiger partial charge in [0.05, 0.1) is 5.69 Å². The number of hydrogen-bond donors (Lipinski definition) is 2. The molecular formula is C12H16N4O. The average molecular weight is 232 g/mol. The molecule has 0 aliphatic carbocycles. The van der Waals surface area contributed by atoms with Gasteiger partial charge in [-0.15, -0.1) is 0 Å². The maximum atomic E-state index is 10.6. The van der Waals surface area contributed by atoms with Gasteiger partial charge in [-0.1, -0.05) is 6.07 Å². The van der Waals surface area contributed by atoms with Crippen molar-refractivity contribution in [3.8, 4) is 0 Å². The van der Waals surface area contributed by atoms with Gasteiger partial charge in [-0.3, -0.25) is 4.79 Å². The zero-order valence-electron chi connectivity index (χ0n) is 9.81. The van der Waals surface area contributed by atoms with E-state index < -0.39 is 0 Å². The molecule has 2 heterocycles. The van der Waals surface area contributed by atoms with Crippen LogP contribution in [0.15, 0.2) is 30.6 Å². The molecular weight excluding hydrogens is 216 g/mol. The van der Waals surface area contributed by atoms with Crippen molar-refractivity contribution >= 4 is 11.6 Å². The van der Waals surface area contributed by atoms with E-state index in [9.17, 15) is 4.79 Å². The lowest BCUT2D eigenvalue weighted by atomic mass is 10.4. The Balaban J connectivity index is 1.81. The third-order valence-electron chi connectivity index (χ3n) is 2.40. The highest BCUT2D eigenvalue weighted by atomic mass is 16.1. The maximum Gasteiger partial charge on any atom is 0.216 e. The summed E-state index contributed by atoms with van der Waals surface area (Å²) in [7, 11) is 0. The zero-order chi connectivity index (χ0) is 12.1. The summed E-state index contributed by atoms with van der Waals surface area (Å²) in [6, 6.07) is 5.92. The Morgan fingerprint density at radius 3 is 3.06 bits per heavy atom. The molecule has 2 aromatic heterocycles. The summed E-state index contributed by atoms with van der Waals surface area (Å²) < 4.78 is 1.99. The molecule has 17 heavy (non-hydrogen) atoms. The lowest BCUT2D eigenvalue weighted by Gasteiger charge is -2.02. The van der Waals surface area contributed by atoms with Crippen LogP contribution < -0.4 is 10.6 Å². The largest absolute Gasteiger partial charge is 0.355 e. The van der Waals surface area contributed by atoms with E-state index in [0.717, 1.165) is 17.9 Å². The molecule has 0 saturated heterocycles. The molecule has 0 radical (unpaired) electrons. The molecule has 2 aromatic rings. The van der Waals surface area contributed by atoms with Gasteiger partial charge in [0.25, 0.3) is 0 Å². The highest BCUT2D eigenvalue weighted by molar-refractivity contribution is 5.72. The Morgan fingerprint density at radius 1 is 1.41 bits per heavy atom. The van der Waals surface area contributed by atoms with E-state index in [1.165, 1.54) is 6.92 Å². The van der Waals surface area contributed by atoms with E-state index >= 15 is 0 Å². The van der Waals surface area contributed by atoms with Gasteiger partial charge < -0.3 is 15.0 Å². The number of rotatable bonds is 5. The molecule has 90 valence electrons. The van der Waals surface area contributed by atoms with Gasteiger partial charge in [-0.2, -0.15) is 0 Å². The third kappa shape index (κ3) is 3.29. The second-order valence-corrected chi connectivity index (χ2v) is 3.86. The van der Waals surface area contributed by atoms with E-state index in [1.807, 2.05) is 35.0 Å². The quantitative estimate of drug-likeness (QED) is 0.741. The number of amides is 1. The van der Waals surface area contributed by atoms with Crippen molar-refractivity contribution < 1.29 is 4.79 Å². The highest BCUT2D eigenvalue weighted by Gasteiger charge is 1.99. The van der Waals surface area contributed by atoms with Gasteiger partial charge in [0, 0.05) is 39.0 Å². The summed E-state index contributed by atoms with van der Waals surface area (Å²) in [5.41, 5.74) is 1.95. The first-order valence-corrected chi connectivity index (χ1v) is 5.63. The Kier molecular flexibility index (Phi) is 3.72. The minimum absolute atomic E-state index is 0.000435. The molecule has 0 atom stereocenters. The number of imidazole rings is 1. The van der Waals surface area contributed by atoms with Crippen LogP contribution in [-0.2, 0) is 11.3 Å². The molecule has 0 unspecified atom stereocenters. The Hall–Kier alpha value is -1.88. The third-order valence-corrected chi connectivity index (χ3v) is 2.40. The van der Waals surface area contributed by atoms with Gasteiger partial charge in [0.1, 0.15) is 5.65 Å². The Bertz CT molecular complexity index is 473. The zero-order valence-corrected chi connectivity index (χ0v) is 9.81. The van der Waals surface area contributed by atoms with E-state index in [2.05, 4.69) is 15.6 Å². The maximum absolute atomic E-state index is 10.6. The normalized spacial score (nSPS) is 10.6. The van der Waals surface area contributed by atoms with Crippen molar-refractivity contribution in [3.63, 3.8) is 0 Å². The van der Waals surface area contributed by atoms with Gasteiger partial charge in [-0.05, 0) is 12.1 Å². The van der Waals surface area contributed by atoms with Crippen molar-refractivity contribution in [3.05, 3.63) is 36.3 Å². The first-order chi connectivity index (χ1) is 8.25. The van der Waals surface area contributed by atoms with Crippen LogP contribution in [0.3, 0.4) is 0 Å². The summed E-state index contributed by atoms with van der Waals surface area (Å²) in [6.45, 7) is 3.61. The standard InChI is InChI=1S/C12H16N4O/c1-10(17)14-6-5-13-8-11-9-16-7-3-2-4-12(16)15-11/h2-4,7,9,13H,5-6,8H2,1H3,(H,14,17). The molecule has 0 spiro atoms. The molecule has 1 amide bonds. The minimum Gasteiger partial charge on any atom is -0.355 e. The second kappa shape index (κ2) is 5.45. The molecule has 0 bridgehead atoms. The monoisotopic (exact) mass is 232 g/mol. The molecule has 2 N–H and O–H groups in total. The molecule has 5 nitrogen and oxygen atoms in total. The first kappa shape index (κ1) is 11.6. The lowest BCUT2D eigenvalue weighted by Crippen LogP contribution is -2.29. The van der Waals surface area contributed by atoms with Crippen LogP contribution >= 0.6 is 0 Å². The topological polar surface area (TPSA) is 58.4 Å². The number of carbonyl (C=O) groups excluding carboxylic acids is 1. The van der Waals surface area contributed by atoms with Crippen molar-refractivity contribution in [1.82, 2.24) is 20.0 Å². The van der Waals surface area contributed by atoms with Crippen molar-refractivity contribution in [1.29, 1.82) is 0 Å². The summed E-state index contributed by atoms with van der Waals surface area (Å²) >= 11 is 0. The molecule has 2 rings (SSSR count). The van der Waals surface area contributed by atoms with Crippen LogP contribution in [0.5, 0.6) is 0 Å². The predicted octanol–water partition coefficient (Wildman–Crippen LogP) is 0.560. The van der Waals surface area contributed by atoms with Crippen LogP contribution in [-0.4, -0.2) is 28.4 Å². The molecule has 0 fully saturated rings. The molecule has 5 heteroatoms. The van der Waals surface area contributed by atoms with Crippen LogP contribution in [0, 0.1) is 0 Å². The number of nitrogens with one attached hydrogen (secondary N) is 2. The average Bonchev–Trinajstić information content (AvgIpc) is 2.70. The van der Waals surface area contributed by atoms with Crippen molar-refractivity contribution in [2.45, 2.75) is 13.5 Å². The Labute approximate surface area is 99.9 Å². The van der Waals surface area contributed by atoms with Gasteiger partial charge >= 0.3 is 0 Å².